The highest BCUT2D eigenvalue weighted by atomic mass is 79.9. The van der Waals surface area contributed by atoms with Crippen molar-refractivity contribution in [3.63, 3.8) is 0 Å². The fraction of sp³-hybridized carbons (Fsp3) is 0.194. The van der Waals surface area contributed by atoms with Crippen LogP contribution >= 0.6 is 50.5 Å². The molecule has 2 heterocycles. The third-order valence-corrected chi connectivity index (χ3v) is 8.56. The van der Waals surface area contributed by atoms with Gasteiger partial charge in [-0.05, 0) is 61.4 Å². The number of nitrogens with zero attached hydrogens (tertiary/aromatic N) is 2. The number of carbonyl (C=O) groups is 1. The van der Waals surface area contributed by atoms with Crippen LogP contribution in [0.3, 0.4) is 0 Å². The Morgan fingerprint density at radius 3 is 2.64 bits per heavy atom. The average molecular weight is 688 g/mol. The molecule has 4 aromatic rings. The van der Waals surface area contributed by atoms with E-state index in [1.807, 2.05) is 30.3 Å². The predicted molar refractivity (Wildman–Crippen MR) is 168 cm³/mol. The second-order valence-corrected chi connectivity index (χ2v) is 12.0. The van der Waals surface area contributed by atoms with E-state index in [1.54, 1.807) is 57.4 Å². The van der Waals surface area contributed by atoms with Crippen molar-refractivity contribution in [1.82, 2.24) is 4.57 Å². The van der Waals surface area contributed by atoms with Crippen LogP contribution in [0.15, 0.2) is 86.2 Å². The van der Waals surface area contributed by atoms with Crippen molar-refractivity contribution in [3.8, 4) is 11.5 Å². The van der Waals surface area contributed by atoms with Crippen LogP contribution < -0.4 is 24.4 Å². The molecule has 42 heavy (non-hydrogen) atoms. The molecule has 0 unspecified atom stereocenters. The van der Waals surface area contributed by atoms with E-state index in [0.717, 1.165) is 10.0 Å². The molecule has 7 nitrogen and oxygen atoms in total. The van der Waals surface area contributed by atoms with Gasteiger partial charge in [0.1, 0.15) is 12.6 Å². The Morgan fingerprint density at radius 1 is 1.14 bits per heavy atom. The number of methoxy groups -OCH3 is 1. The van der Waals surface area contributed by atoms with Crippen molar-refractivity contribution < 1.29 is 19.0 Å². The van der Waals surface area contributed by atoms with Crippen LogP contribution in [0.1, 0.15) is 36.6 Å². The first-order valence-corrected chi connectivity index (χ1v) is 15.3. The number of hydrogen-bond donors (Lipinski definition) is 0. The summed E-state index contributed by atoms with van der Waals surface area (Å²) < 4.78 is 19.8. The SMILES string of the molecule is CCOC(=O)C1=C(C)N=c2s/c(=C\c3cc(Br)cc(OC)c3OCc3cccc(Cl)c3)c(=O)n2[C@@H]1c1ccccc1Cl. The minimum Gasteiger partial charge on any atom is -0.493 e. The maximum absolute atomic E-state index is 14.1. The highest BCUT2D eigenvalue weighted by Gasteiger charge is 2.34. The van der Waals surface area contributed by atoms with Crippen LogP contribution in [0.25, 0.3) is 6.08 Å². The Bertz CT molecular complexity index is 1900. The van der Waals surface area contributed by atoms with E-state index in [9.17, 15) is 9.59 Å². The van der Waals surface area contributed by atoms with E-state index in [0.29, 0.717) is 47.7 Å². The largest absolute Gasteiger partial charge is 0.493 e. The molecule has 0 aliphatic carbocycles. The summed E-state index contributed by atoms with van der Waals surface area (Å²) in [6.07, 6.45) is 1.73. The smallest absolute Gasteiger partial charge is 0.338 e. The molecule has 1 aromatic heterocycles. The van der Waals surface area contributed by atoms with Crippen molar-refractivity contribution in [2.24, 2.45) is 4.99 Å². The summed E-state index contributed by atoms with van der Waals surface area (Å²) >= 11 is 17.5. The van der Waals surface area contributed by atoms with Crippen LogP contribution in [0.4, 0.5) is 0 Å². The number of hydrogen-bond acceptors (Lipinski definition) is 7. The van der Waals surface area contributed by atoms with Gasteiger partial charge in [-0.25, -0.2) is 9.79 Å². The zero-order chi connectivity index (χ0) is 30.0. The van der Waals surface area contributed by atoms with Gasteiger partial charge in [-0.1, -0.05) is 80.8 Å². The summed E-state index contributed by atoms with van der Waals surface area (Å²) in [5.74, 6) is 0.392. The molecule has 0 fully saturated rings. The number of halogens is 3. The lowest BCUT2D eigenvalue weighted by Crippen LogP contribution is -2.40. The summed E-state index contributed by atoms with van der Waals surface area (Å²) in [5.41, 5.74) is 2.47. The molecule has 0 bridgehead atoms. The molecule has 5 rings (SSSR count). The fourth-order valence-electron chi connectivity index (χ4n) is 4.71. The number of rotatable bonds is 8. The molecule has 0 spiro atoms. The molecule has 216 valence electrons. The molecule has 1 aliphatic rings. The van der Waals surface area contributed by atoms with E-state index in [-0.39, 0.29) is 24.3 Å². The lowest BCUT2D eigenvalue weighted by Gasteiger charge is -2.25. The van der Waals surface area contributed by atoms with E-state index in [1.165, 1.54) is 15.9 Å². The molecule has 0 saturated carbocycles. The third kappa shape index (κ3) is 6.06. The molecule has 0 amide bonds. The summed E-state index contributed by atoms with van der Waals surface area (Å²) in [6, 6.07) is 17.3. The summed E-state index contributed by atoms with van der Waals surface area (Å²) in [7, 11) is 1.55. The Labute approximate surface area is 264 Å². The number of thiazole rings is 1. The van der Waals surface area contributed by atoms with Crippen LogP contribution in [-0.2, 0) is 16.1 Å². The first-order valence-electron chi connectivity index (χ1n) is 12.9. The quantitative estimate of drug-likeness (QED) is 0.199. The van der Waals surface area contributed by atoms with Gasteiger partial charge in [0.05, 0.1) is 29.5 Å². The molecule has 3 aromatic carbocycles. The molecule has 0 saturated heterocycles. The molecule has 11 heteroatoms. The van der Waals surface area contributed by atoms with Crippen molar-refractivity contribution in [1.29, 1.82) is 0 Å². The lowest BCUT2D eigenvalue weighted by atomic mass is 9.96. The Hall–Kier alpha value is -3.37. The monoisotopic (exact) mass is 686 g/mol. The maximum Gasteiger partial charge on any atom is 0.338 e. The van der Waals surface area contributed by atoms with Gasteiger partial charge in [-0.2, -0.15) is 0 Å². The Morgan fingerprint density at radius 2 is 1.93 bits per heavy atom. The number of aromatic nitrogens is 1. The van der Waals surface area contributed by atoms with Crippen LogP contribution in [0.2, 0.25) is 10.0 Å². The number of benzene rings is 3. The molecule has 0 radical (unpaired) electrons. The van der Waals surface area contributed by atoms with Gasteiger partial charge in [0.2, 0.25) is 0 Å². The number of allylic oxidation sites excluding steroid dienone is 1. The first-order chi connectivity index (χ1) is 20.2. The summed E-state index contributed by atoms with van der Waals surface area (Å²) in [6.45, 7) is 3.87. The Balaban J connectivity index is 1.68. The fourth-order valence-corrected chi connectivity index (χ4v) is 6.65. The topological polar surface area (TPSA) is 79.1 Å². The maximum atomic E-state index is 14.1. The Kier molecular flexibility index (Phi) is 9.22. The van der Waals surface area contributed by atoms with Crippen molar-refractivity contribution in [2.75, 3.05) is 13.7 Å². The van der Waals surface area contributed by atoms with Gasteiger partial charge in [0, 0.05) is 20.1 Å². The minimum atomic E-state index is -0.813. The standard InChI is InChI=1S/C31H25BrCl2N2O5S/c1-4-40-30(38)26-17(2)35-31-36(27(26)22-10-5-6-11-23(22)34)29(37)25(42-31)14-19-13-20(32)15-24(39-3)28(19)41-16-18-8-7-9-21(33)12-18/h5-15,27H,4,16H2,1-3H3/b25-14-/t27-/m1/s1. The van der Waals surface area contributed by atoms with Crippen molar-refractivity contribution in [2.45, 2.75) is 26.5 Å². The molecule has 1 atom stereocenters. The number of ether oxygens (including phenoxy) is 3. The predicted octanol–water partition coefficient (Wildman–Crippen LogP) is 6.46. The van der Waals surface area contributed by atoms with Gasteiger partial charge >= 0.3 is 5.97 Å². The van der Waals surface area contributed by atoms with Gasteiger partial charge in [0.15, 0.2) is 16.3 Å². The zero-order valence-corrected chi connectivity index (χ0v) is 26.7. The zero-order valence-electron chi connectivity index (χ0n) is 22.8. The highest BCUT2D eigenvalue weighted by molar-refractivity contribution is 9.10. The van der Waals surface area contributed by atoms with Gasteiger partial charge in [0.25, 0.3) is 5.56 Å². The lowest BCUT2D eigenvalue weighted by molar-refractivity contribution is -0.139. The van der Waals surface area contributed by atoms with Gasteiger partial charge in [-0.3, -0.25) is 9.36 Å². The van der Waals surface area contributed by atoms with Gasteiger partial charge in [-0.15, -0.1) is 0 Å². The van der Waals surface area contributed by atoms with E-state index < -0.39 is 12.0 Å². The average Bonchev–Trinajstić information content (AvgIpc) is 3.25. The van der Waals surface area contributed by atoms with Crippen LogP contribution in [0.5, 0.6) is 11.5 Å². The summed E-state index contributed by atoms with van der Waals surface area (Å²) in [5, 5.41) is 1.02. The summed E-state index contributed by atoms with van der Waals surface area (Å²) in [4.78, 5) is 32.3. The van der Waals surface area contributed by atoms with Crippen LogP contribution in [-0.4, -0.2) is 24.3 Å². The minimum absolute atomic E-state index is 0.179. The molecule has 1 aliphatic heterocycles. The van der Waals surface area contributed by atoms with Gasteiger partial charge < -0.3 is 14.2 Å². The number of esters is 1. The van der Waals surface area contributed by atoms with Crippen LogP contribution in [0, 0.1) is 0 Å². The number of carbonyl (C=O) groups excluding carboxylic acids is 1. The first kappa shape index (κ1) is 30.1. The molecule has 0 N–H and O–H groups in total. The third-order valence-electron chi connectivity index (χ3n) is 6.54. The van der Waals surface area contributed by atoms with E-state index >= 15 is 0 Å². The molecular formula is C31H25BrCl2N2O5S. The second-order valence-electron chi connectivity index (χ2n) is 9.27. The highest BCUT2D eigenvalue weighted by Crippen LogP contribution is 2.37. The molecular weight excluding hydrogens is 663 g/mol. The van der Waals surface area contributed by atoms with Crippen molar-refractivity contribution >= 4 is 62.5 Å². The normalized spacial score (nSPS) is 14.8. The van der Waals surface area contributed by atoms with E-state index in [4.69, 9.17) is 37.4 Å². The van der Waals surface area contributed by atoms with Crippen molar-refractivity contribution in [3.05, 3.63) is 123 Å². The van der Waals surface area contributed by atoms with E-state index in [2.05, 4.69) is 20.9 Å². The number of fused-ring (bicyclic) bond motifs is 1. The second kappa shape index (κ2) is 12.9.